The quantitative estimate of drug-likeness (QED) is 0.805. The van der Waals surface area contributed by atoms with Crippen LogP contribution in [0.4, 0.5) is 0 Å². The van der Waals surface area contributed by atoms with E-state index in [-0.39, 0.29) is 5.78 Å². The van der Waals surface area contributed by atoms with Crippen LogP contribution in [0.2, 0.25) is 0 Å². The van der Waals surface area contributed by atoms with E-state index in [2.05, 4.69) is 10.3 Å². The third-order valence-electron chi connectivity index (χ3n) is 3.14. The lowest BCUT2D eigenvalue weighted by molar-refractivity contribution is 0.0953. The van der Waals surface area contributed by atoms with Gasteiger partial charge in [0.2, 0.25) is 0 Å². The van der Waals surface area contributed by atoms with E-state index < -0.39 is 0 Å². The zero-order chi connectivity index (χ0) is 12.1. The number of carbonyl (C=O) groups is 1. The first-order chi connectivity index (χ1) is 8.29. The number of pyridine rings is 1. The second-order valence-electron chi connectivity index (χ2n) is 4.45. The van der Waals surface area contributed by atoms with Gasteiger partial charge in [-0.05, 0) is 37.9 Å². The fourth-order valence-electron chi connectivity index (χ4n) is 2.16. The third-order valence-corrected chi connectivity index (χ3v) is 3.14. The summed E-state index contributed by atoms with van der Waals surface area (Å²) in [5, 5.41) is 3.32. The number of methoxy groups -OCH3 is 1. The minimum atomic E-state index is 0.158. The molecule has 17 heavy (non-hydrogen) atoms. The number of ether oxygens (including phenoxy) is 1. The SMILES string of the molecule is COc1cncc(C(=O)CC2CCCNC2)c1. The number of hydrogen-bond acceptors (Lipinski definition) is 4. The number of aromatic nitrogens is 1. The molecule has 2 rings (SSSR count). The molecule has 1 unspecified atom stereocenters. The van der Waals surface area contributed by atoms with Gasteiger partial charge < -0.3 is 10.1 Å². The van der Waals surface area contributed by atoms with Crippen LogP contribution in [0.3, 0.4) is 0 Å². The van der Waals surface area contributed by atoms with Crippen molar-refractivity contribution < 1.29 is 9.53 Å². The number of Topliss-reactive ketones (excluding diaryl/α,β-unsaturated/α-hetero) is 1. The molecule has 0 spiro atoms. The lowest BCUT2D eigenvalue weighted by Crippen LogP contribution is -2.31. The van der Waals surface area contributed by atoms with Crippen LogP contribution in [0.1, 0.15) is 29.6 Å². The third kappa shape index (κ3) is 3.27. The maximum absolute atomic E-state index is 12.1. The predicted octanol–water partition coefficient (Wildman–Crippen LogP) is 1.66. The molecule has 1 N–H and O–H groups in total. The van der Waals surface area contributed by atoms with Crippen molar-refractivity contribution in [2.45, 2.75) is 19.3 Å². The average Bonchev–Trinajstić information content (AvgIpc) is 2.40. The van der Waals surface area contributed by atoms with Gasteiger partial charge in [0.25, 0.3) is 0 Å². The molecule has 2 heterocycles. The Hall–Kier alpha value is -1.42. The Labute approximate surface area is 101 Å². The molecule has 0 bridgehead atoms. The van der Waals surface area contributed by atoms with Crippen LogP contribution in [0.15, 0.2) is 18.5 Å². The molecule has 0 aliphatic carbocycles. The first-order valence-electron chi connectivity index (χ1n) is 6.02. The van der Waals surface area contributed by atoms with Crippen molar-refractivity contribution in [3.63, 3.8) is 0 Å². The molecular formula is C13H18N2O2. The van der Waals surface area contributed by atoms with Gasteiger partial charge in [-0.1, -0.05) is 0 Å². The highest BCUT2D eigenvalue weighted by atomic mass is 16.5. The Morgan fingerprint density at radius 3 is 3.18 bits per heavy atom. The average molecular weight is 234 g/mol. The van der Waals surface area contributed by atoms with Crippen molar-refractivity contribution in [3.8, 4) is 5.75 Å². The lowest BCUT2D eigenvalue weighted by Gasteiger charge is -2.21. The molecule has 0 aromatic carbocycles. The summed E-state index contributed by atoms with van der Waals surface area (Å²) in [5.41, 5.74) is 0.648. The fourth-order valence-corrected chi connectivity index (χ4v) is 2.16. The van der Waals surface area contributed by atoms with E-state index in [0.29, 0.717) is 23.7 Å². The van der Waals surface area contributed by atoms with Crippen molar-refractivity contribution in [1.29, 1.82) is 0 Å². The summed E-state index contributed by atoms with van der Waals surface area (Å²) in [5.74, 6) is 1.25. The van der Waals surface area contributed by atoms with Gasteiger partial charge >= 0.3 is 0 Å². The maximum atomic E-state index is 12.1. The van der Waals surface area contributed by atoms with Gasteiger partial charge in [0.15, 0.2) is 5.78 Å². The van der Waals surface area contributed by atoms with Crippen molar-refractivity contribution in [2.75, 3.05) is 20.2 Å². The van der Waals surface area contributed by atoms with Gasteiger partial charge in [-0.3, -0.25) is 9.78 Å². The standard InChI is InChI=1S/C13H18N2O2/c1-17-12-6-11(8-15-9-12)13(16)5-10-3-2-4-14-7-10/h6,8-10,14H,2-5,7H2,1H3. The van der Waals surface area contributed by atoms with Crippen LogP contribution in [-0.2, 0) is 0 Å². The zero-order valence-electron chi connectivity index (χ0n) is 10.1. The highest BCUT2D eigenvalue weighted by Gasteiger charge is 2.18. The largest absolute Gasteiger partial charge is 0.495 e. The van der Waals surface area contributed by atoms with Gasteiger partial charge in [0.05, 0.1) is 13.3 Å². The van der Waals surface area contributed by atoms with Crippen molar-refractivity contribution in [1.82, 2.24) is 10.3 Å². The summed E-state index contributed by atoms with van der Waals surface area (Å²) in [7, 11) is 1.58. The molecule has 1 aromatic rings. The Bertz CT molecular complexity index is 387. The Morgan fingerprint density at radius 2 is 2.47 bits per heavy atom. The first kappa shape index (κ1) is 12.0. The van der Waals surface area contributed by atoms with E-state index in [4.69, 9.17) is 4.74 Å². The summed E-state index contributed by atoms with van der Waals surface area (Å²) in [4.78, 5) is 16.1. The summed E-state index contributed by atoms with van der Waals surface area (Å²) in [6.07, 6.45) is 6.12. The van der Waals surface area contributed by atoms with Crippen molar-refractivity contribution in [2.24, 2.45) is 5.92 Å². The number of rotatable bonds is 4. The van der Waals surface area contributed by atoms with E-state index in [9.17, 15) is 4.79 Å². The molecule has 0 radical (unpaired) electrons. The number of ketones is 1. The molecule has 1 aliphatic rings. The number of nitrogens with one attached hydrogen (secondary N) is 1. The number of piperidine rings is 1. The van der Waals surface area contributed by atoms with E-state index in [1.807, 2.05) is 0 Å². The van der Waals surface area contributed by atoms with Crippen LogP contribution >= 0.6 is 0 Å². The topological polar surface area (TPSA) is 51.2 Å². The lowest BCUT2D eigenvalue weighted by atomic mass is 9.92. The molecule has 1 aromatic heterocycles. The number of carbonyl (C=O) groups excluding carboxylic acids is 1. The Balaban J connectivity index is 1.98. The molecule has 1 aliphatic heterocycles. The molecular weight excluding hydrogens is 216 g/mol. The second kappa shape index (κ2) is 5.77. The van der Waals surface area contributed by atoms with Gasteiger partial charge in [0, 0.05) is 18.2 Å². The molecule has 0 saturated carbocycles. The van der Waals surface area contributed by atoms with Crippen molar-refractivity contribution >= 4 is 5.78 Å². The number of hydrogen-bond donors (Lipinski definition) is 1. The van der Waals surface area contributed by atoms with Crippen LogP contribution in [0, 0.1) is 5.92 Å². The molecule has 1 fully saturated rings. The first-order valence-corrected chi connectivity index (χ1v) is 6.02. The van der Waals surface area contributed by atoms with E-state index in [1.54, 1.807) is 25.6 Å². The summed E-state index contributed by atoms with van der Waals surface area (Å²) < 4.78 is 5.07. The normalized spacial score (nSPS) is 19.9. The van der Waals surface area contributed by atoms with Crippen LogP contribution < -0.4 is 10.1 Å². The van der Waals surface area contributed by atoms with Gasteiger partial charge in [-0.2, -0.15) is 0 Å². The maximum Gasteiger partial charge on any atom is 0.164 e. The van der Waals surface area contributed by atoms with Gasteiger partial charge in [0.1, 0.15) is 5.75 Å². The molecule has 4 nitrogen and oxygen atoms in total. The predicted molar refractivity (Wildman–Crippen MR) is 65.3 cm³/mol. The summed E-state index contributed by atoms with van der Waals surface area (Å²) in [6.45, 7) is 2.02. The van der Waals surface area contributed by atoms with Crippen molar-refractivity contribution in [3.05, 3.63) is 24.0 Å². The monoisotopic (exact) mass is 234 g/mol. The molecule has 1 atom stereocenters. The van der Waals surface area contributed by atoms with E-state index in [0.717, 1.165) is 25.9 Å². The van der Waals surface area contributed by atoms with Gasteiger partial charge in [-0.25, -0.2) is 0 Å². The molecule has 1 saturated heterocycles. The molecule has 4 heteroatoms. The van der Waals surface area contributed by atoms with E-state index in [1.165, 1.54) is 0 Å². The smallest absolute Gasteiger partial charge is 0.164 e. The fraction of sp³-hybridized carbons (Fsp3) is 0.538. The highest BCUT2D eigenvalue weighted by molar-refractivity contribution is 5.96. The summed E-state index contributed by atoms with van der Waals surface area (Å²) >= 11 is 0. The van der Waals surface area contributed by atoms with E-state index >= 15 is 0 Å². The Morgan fingerprint density at radius 1 is 1.59 bits per heavy atom. The minimum absolute atomic E-state index is 0.158. The number of nitrogens with zero attached hydrogens (tertiary/aromatic N) is 1. The summed E-state index contributed by atoms with van der Waals surface area (Å²) in [6, 6.07) is 1.76. The van der Waals surface area contributed by atoms with Gasteiger partial charge in [-0.15, -0.1) is 0 Å². The molecule has 92 valence electrons. The molecule has 0 amide bonds. The second-order valence-corrected chi connectivity index (χ2v) is 4.45. The highest BCUT2D eigenvalue weighted by Crippen LogP contribution is 2.18. The Kier molecular flexibility index (Phi) is 4.09. The van der Waals surface area contributed by atoms with Crippen LogP contribution in [0.25, 0.3) is 0 Å². The minimum Gasteiger partial charge on any atom is -0.495 e. The zero-order valence-corrected chi connectivity index (χ0v) is 10.1. The van der Waals surface area contributed by atoms with Crippen LogP contribution in [-0.4, -0.2) is 31.0 Å². The van der Waals surface area contributed by atoms with Crippen LogP contribution in [0.5, 0.6) is 5.75 Å².